The Bertz CT molecular complexity index is 2320. The van der Waals surface area contributed by atoms with Crippen molar-refractivity contribution in [2.45, 2.75) is 17.8 Å². The number of benzene rings is 6. The van der Waals surface area contributed by atoms with Gasteiger partial charge in [-0.25, -0.2) is 9.59 Å². The number of alkyl halides is 6. The van der Waals surface area contributed by atoms with Gasteiger partial charge in [-0.05, 0) is 81.2 Å². The second-order valence-electron chi connectivity index (χ2n) is 11.5. The van der Waals surface area contributed by atoms with Crippen molar-refractivity contribution in [3.63, 3.8) is 0 Å². The maximum Gasteiger partial charge on any atom is 0.411 e. The Labute approximate surface area is 286 Å². The van der Waals surface area contributed by atoms with E-state index in [-0.39, 0.29) is 11.1 Å². The van der Waals surface area contributed by atoms with E-state index in [1.54, 1.807) is 48.5 Å². The highest BCUT2D eigenvalue weighted by Crippen LogP contribution is 2.57. The number of fused-ring (bicyclic) bond motifs is 2. The standard InChI is InChI=1S/C41H22F6O4/c42-40(43,44)39(41(45,46)47,35-19-15-27(23-33(35)37(48)49)11-9-25-13-17-29-5-1-3-7-31(29)21-25)36-20-16-28(24-34(36)38(50)51)12-10-26-14-18-30-6-2-4-8-32(30)22-26/h1-8,13-24H,(H,48,49)(H,50,51). The molecule has 0 radical (unpaired) electrons. The highest BCUT2D eigenvalue weighted by Gasteiger charge is 2.74. The number of carboxylic acid groups (broad SMARTS) is 2. The number of carbonyl (C=O) groups is 2. The molecule has 0 aliphatic heterocycles. The van der Waals surface area contributed by atoms with Crippen LogP contribution in [0.5, 0.6) is 0 Å². The average molecular weight is 693 g/mol. The molecule has 0 unspecified atom stereocenters. The zero-order valence-corrected chi connectivity index (χ0v) is 26.0. The van der Waals surface area contributed by atoms with E-state index in [9.17, 15) is 19.8 Å². The number of carboxylic acids is 2. The van der Waals surface area contributed by atoms with E-state index < -0.39 is 52.0 Å². The van der Waals surface area contributed by atoms with Gasteiger partial charge < -0.3 is 10.2 Å². The van der Waals surface area contributed by atoms with Crippen molar-refractivity contribution in [2.75, 3.05) is 0 Å². The Balaban J connectivity index is 1.50. The lowest BCUT2D eigenvalue weighted by molar-refractivity contribution is -0.288. The van der Waals surface area contributed by atoms with Crippen LogP contribution in [0.3, 0.4) is 0 Å². The molecule has 6 aromatic rings. The zero-order valence-electron chi connectivity index (χ0n) is 26.0. The quantitative estimate of drug-likeness (QED) is 0.143. The van der Waals surface area contributed by atoms with E-state index >= 15 is 26.3 Å². The molecule has 0 aliphatic rings. The molecule has 0 heterocycles. The second kappa shape index (κ2) is 13.1. The molecule has 2 N–H and O–H groups in total. The van der Waals surface area contributed by atoms with Gasteiger partial charge in [-0.1, -0.05) is 96.5 Å². The third-order valence-electron chi connectivity index (χ3n) is 8.36. The van der Waals surface area contributed by atoms with E-state index in [2.05, 4.69) is 23.7 Å². The number of rotatable bonds is 4. The predicted octanol–water partition coefficient (Wildman–Crippen LogP) is 9.60. The zero-order chi connectivity index (χ0) is 36.6. The molecule has 0 saturated heterocycles. The topological polar surface area (TPSA) is 74.6 Å². The monoisotopic (exact) mass is 692 g/mol. The summed E-state index contributed by atoms with van der Waals surface area (Å²) in [5, 5.41) is 23.4. The van der Waals surface area contributed by atoms with Crippen LogP contribution in [0.2, 0.25) is 0 Å². The van der Waals surface area contributed by atoms with Crippen LogP contribution in [0.15, 0.2) is 121 Å². The minimum absolute atomic E-state index is 0.180. The third-order valence-corrected chi connectivity index (χ3v) is 8.36. The highest BCUT2D eigenvalue weighted by atomic mass is 19.4. The Morgan fingerprint density at radius 2 is 0.745 bits per heavy atom. The maximum absolute atomic E-state index is 15.2. The summed E-state index contributed by atoms with van der Waals surface area (Å²) in [5.41, 5.74) is -10.7. The first-order valence-electron chi connectivity index (χ1n) is 15.1. The normalized spacial score (nSPS) is 11.7. The number of aromatic carboxylic acids is 2. The van der Waals surface area contributed by atoms with E-state index in [0.717, 1.165) is 33.7 Å². The summed E-state index contributed by atoms with van der Waals surface area (Å²) >= 11 is 0. The summed E-state index contributed by atoms with van der Waals surface area (Å²) in [6, 6.07) is 28.6. The van der Waals surface area contributed by atoms with Crippen LogP contribution in [-0.4, -0.2) is 34.5 Å². The summed E-state index contributed by atoms with van der Waals surface area (Å²) in [7, 11) is 0. The number of hydrogen-bond acceptors (Lipinski definition) is 2. The predicted molar refractivity (Wildman–Crippen MR) is 180 cm³/mol. The van der Waals surface area contributed by atoms with Crippen LogP contribution in [0.1, 0.15) is 54.1 Å². The second-order valence-corrected chi connectivity index (χ2v) is 11.5. The molecule has 51 heavy (non-hydrogen) atoms. The first-order valence-corrected chi connectivity index (χ1v) is 15.1. The van der Waals surface area contributed by atoms with Gasteiger partial charge in [0.2, 0.25) is 5.41 Å². The summed E-state index contributed by atoms with van der Waals surface area (Å²) in [5.74, 6) is 6.51. The van der Waals surface area contributed by atoms with Crippen molar-refractivity contribution in [1.82, 2.24) is 0 Å². The molecule has 0 aromatic heterocycles. The molecule has 252 valence electrons. The third kappa shape index (κ3) is 6.48. The molecule has 0 atom stereocenters. The molecule has 0 saturated carbocycles. The summed E-state index contributed by atoms with van der Waals surface area (Å²) in [6.45, 7) is 0. The molecular weight excluding hydrogens is 670 g/mol. The van der Waals surface area contributed by atoms with Crippen LogP contribution in [0, 0.1) is 23.7 Å². The first kappa shape index (κ1) is 34.3. The summed E-state index contributed by atoms with van der Waals surface area (Å²) in [6.07, 6.45) is -12.5. The molecule has 0 aliphatic carbocycles. The van der Waals surface area contributed by atoms with Gasteiger partial charge in [0.15, 0.2) is 0 Å². The fraction of sp³-hybridized carbons (Fsp3) is 0.0732. The van der Waals surface area contributed by atoms with Crippen LogP contribution in [-0.2, 0) is 5.41 Å². The van der Waals surface area contributed by atoms with E-state index in [1.165, 1.54) is 0 Å². The fourth-order valence-corrected chi connectivity index (χ4v) is 5.99. The SMILES string of the molecule is O=C(O)c1cc(C#Cc2ccc3ccccc3c2)ccc1C(c1ccc(C#Cc2ccc3ccccc3c2)cc1C(=O)O)(C(F)(F)F)C(F)(F)F. The van der Waals surface area contributed by atoms with Gasteiger partial charge in [0, 0.05) is 22.3 Å². The van der Waals surface area contributed by atoms with Crippen molar-refractivity contribution in [3.05, 3.63) is 166 Å². The molecule has 0 fully saturated rings. The van der Waals surface area contributed by atoms with Gasteiger partial charge in [-0.15, -0.1) is 0 Å². The van der Waals surface area contributed by atoms with Crippen LogP contribution in [0.4, 0.5) is 26.3 Å². The number of hydrogen-bond donors (Lipinski definition) is 2. The average Bonchev–Trinajstić information content (AvgIpc) is 3.09. The van der Waals surface area contributed by atoms with Gasteiger partial charge in [-0.3, -0.25) is 0 Å². The first-order chi connectivity index (χ1) is 24.2. The molecule has 6 rings (SSSR count). The van der Waals surface area contributed by atoms with Gasteiger partial charge in [-0.2, -0.15) is 26.3 Å². The molecular formula is C41H22F6O4. The Morgan fingerprint density at radius 1 is 0.431 bits per heavy atom. The number of halogens is 6. The lowest BCUT2D eigenvalue weighted by atomic mass is 9.69. The van der Waals surface area contributed by atoms with Crippen molar-refractivity contribution in [2.24, 2.45) is 0 Å². The molecule has 0 spiro atoms. The summed E-state index contributed by atoms with van der Waals surface area (Å²) < 4.78 is 91.0. The highest BCUT2D eigenvalue weighted by molar-refractivity contribution is 5.94. The van der Waals surface area contributed by atoms with E-state index in [0.29, 0.717) is 35.4 Å². The Morgan fingerprint density at radius 3 is 1.08 bits per heavy atom. The molecule has 6 aromatic carbocycles. The van der Waals surface area contributed by atoms with Crippen LogP contribution >= 0.6 is 0 Å². The molecule has 4 nitrogen and oxygen atoms in total. The van der Waals surface area contributed by atoms with Gasteiger partial charge in [0.25, 0.3) is 0 Å². The van der Waals surface area contributed by atoms with Crippen LogP contribution < -0.4 is 0 Å². The van der Waals surface area contributed by atoms with Crippen molar-refractivity contribution in [3.8, 4) is 23.7 Å². The Kier molecular flexibility index (Phi) is 8.80. The smallest absolute Gasteiger partial charge is 0.411 e. The van der Waals surface area contributed by atoms with Crippen molar-refractivity contribution >= 4 is 33.5 Å². The molecule has 0 amide bonds. The van der Waals surface area contributed by atoms with E-state index in [1.807, 2.05) is 36.4 Å². The lowest BCUT2D eigenvalue weighted by Crippen LogP contribution is -2.56. The Hall–Kier alpha value is -6.52. The molecule has 0 bridgehead atoms. The minimum Gasteiger partial charge on any atom is -0.478 e. The largest absolute Gasteiger partial charge is 0.478 e. The van der Waals surface area contributed by atoms with Gasteiger partial charge in [0.1, 0.15) is 0 Å². The van der Waals surface area contributed by atoms with Crippen molar-refractivity contribution < 1.29 is 46.1 Å². The van der Waals surface area contributed by atoms with Gasteiger partial charge >= 0.3 is 24.3 Å². The van der Waals surface area contributed by atoms with Crippen molar-refractivity contribution in [1.29, 1.82) is 0 Å². The lowest BCUT2D eigenvalue weighted by Gasteiger charge is -2.39. The maximum atomic E-state index is 15.2. The fourth-order valence-electron chi connectivity index (χ4n) is 5.99. The van der Waals surface area contributed by atoms with Crippen LogP contribution in [0.25, 0.3) is 21.5 Å². The minimum atomic E-state index is -6.27. The molecule has 10 heteroatoms. The van der Waals surface area contributed by atoms with Gasteiger partial charge in [0.05, 0.1) is 11.1 Å². The van der Waals surface area contributed by atoms with E-state index in [4.69, 9.17) is 0 Å². The summed E-state index contributed by atoms with van der Waals surface area (Å²) in [4.78, 5) is 24.8.